The van der Waals surface area contributed by atoms with Crippen molar-refractivity contribution in [3.8, 4) is 5.75 Å². The lowest BCUT2D eigenvalue weighted by Crippen LogP contribution is -2.42. The Morgan fingerprint density at radius 3 is 2.31 bits per heavy atom. The highest BCUT2D eigenvalue weighted by atomic mass is 16.3. The smallest absolute Gasteiger partial charge is 0.224 e. The molecule has 0 aliphatic heterocycles. The number of aryl methyl sites for hydroxylation is 2. The molecule has 4 nitrogen and oxygen atoms in total. The van der Waals surface area contributed by atoms with E-state index >= 15 is 0 Å². The Morgan fingerprint density at radius 1 is 1.17 bits per heavy atom. The predicted molar refractivity (Wildman–Crippen MR) is 118 cm³/mol. The summed E-state index contributed by atoms with van der Waals surface area (Å²) in [6.07, 6.45) is 0.835. The maximum atomic E-state index is 13.0. The Balaban J connectivity index is 1.67. The molecule has 4 atom stereocenters. The Labute approximate surface area is 174 Å². The van der Waals surface area contributed by atoms with Gasteiger partial charge < -0.3 is 15.3 Å². The quantitative estimate of drug-likeness (QED) is 0.751. The molecule has 0 radical (unpaired) electrons. The van der Waals surface area contributed by atoms with E-state index in [4.69, 9.17) is 0 Å². The Kier molecular flexibility index (Phi) is 6.04. The lowest BCUT2D eigenvalue weighted by Gasteiger charge is -2.26. The third-order valence-corrected chi connectivity index (χ3v) is 7.02. The van der Waals surface area contributed by atoms with E-state index < -0.39 is 0 Å². The van der Waals surface area contributed by atoms with Gasteiger partial charge in [-0.05, 0) is 74.7 Å². The zero-order valence-corrected chi connectivity index (χ0v) is 18.5. The average Bonchev–Trinajstić information content (AvgIpc) is 3.23. The summed E-state index contributed by atoms with van der Waals surface area (Å²) in [4.78, 5) is 15.2. The number of nitrogens with zero attached hydrogens (tertiary/aromatic N) is 1. The number of phenolic OH excluding ortho intramolecular Hbond substituents is 1. The summed E-state index contributed by atoms with van der Waals surface area (Å²) < 4.78 is 0. The molecule has 1 amide bonds. The van der Waals surface area contributed by atoms with E-state index in [2.05, 4.69) is 50.3 Å². The lowest BCUT2D eigenvalue weighted by molar-refractivity contribution is -0.123. The molecule has 0 aromatic heterocycles. The third kappa shape index (κ3) is 4.18. The van der Waals surface area contributed by atoms with Crippen LogP contribution in [-0.4, -0.2) is 42.6 Å². The summed E-state index contributed by atoms with van der Waals surface area (Å²) in [7, 11) is 4.10. The normalized spacial score (nSPS) is 24.4. The number of rotatable bonds is 7. The second-order valence-electron chi connectivity index (χ2n) is 9.04. The molecule has 1 fully saturated rings. The lowest BCUT2D eigenvalue weighted by atomic mass is 9.94. The van der Waals surface area contributed by atoms with Crippen molar-refractivity contribution >= 4 is 5.91 Å². The molecule has 1 saturated carbocycles. The number of hydrogen-bond donors (Lipinski definition) is 2. The van der Waals surface area contributed by atoms with Gasteiger partial charge in [0.15, 0.2) is 0 Å². The zero-order valence-electron chi connectivity index (χ0n) is 18.5. The molecule has 2 N–H and O–H groups in total. The van der Waals surface area contributed by atoms with E-state index in [0.717, 1.165) is 17.5 Å². The van der Waals surface area contributed by atoms with Crippen molar-refractivity contribution < 1.29 is 9.90 Å². The van der Waals surface area contributed by atoms with Crippen molar-refractivity contribution in [2.24, 2.45) is 11.8 Å². The van der Waals surface area contributed by atoms with Gasteiger partial charge in [-0.3, -0.25) is 4.79 Å². The summed E-state index contributed by atoms with van der Waals surface area (Å²) in [6, 6.07) is 14.2. The fraction of sp³-hybridized carbons (Fsp3) is 0.480. The van der Waals surface area contributed by atoms with Gasteiger partial charge in [-0.2, -0.15) is 0 Å². The topological polar surface area (TPSA) is 52.6 Å². The van der Waals surface area contributed by atoms with Gasteiger partial charge in [0.05, 0.1) is 5.92 Å². The van der Waals surface area contributed by atoms with Crippen LogP contribution in [-0.2, 0) is 16.6 Å². The highest BCUT2D eigenvalue weighted by Gasteiger charge is 2.62. The first kappa shape index (κ1) is 21.4. The summed E-state index contributed by atoms with van der Waals surface area (Å²) in [5, 5.41) is 13.0. The summed E-state index contributed by atoms with van der Waals surface area (Å²) >= 11 is 0. The first-order valence-corrected chi connectivity index (χ1v) is 10.4. The predicted octanol–water partition coefficient (Wildman–Crippen LogP) is 3.82. The van der Waals surface area contributed by atoms with Gasteiger partial charge >= 0.3 is 0 Å². The Bertz CT molecular complexity index is 855. The molecule has 156 valence electrons. The number of hydrogen-bond acceptors (Lipinski definition) is 3. The van der Waals surface area contributed by atoms with Crippen LogP contribution in [0.5, 0.6) is 5.75 Å². The van der Waals surface area contributed by atoms with Gasteiger partial charge in [0.2, 0.25) is 5.91 Å². The highest BCUT2D eigenvalue weighted by molar-refractivity contribution is 5.85. The number of likely N-dealkylation sites (N-methyl/N-ethyl adjacent to an activating group) is 1. The van der Waals surface area contributed by atoms with E-state index in [9.17, 15) is 9.90 Å². The maximum absolute atomic E-state index is 13.0. The maximum Gasteiger partial charge on any atom is 0.224 e. The summed E-state index contributed by atoms with van der Waals surface area (Å²) in [6.45, 7) is 9.04. The Morgan fingerprint density at radius 2 is 1.76 bits per heavy atom. The molecule has 1 aliphatic carbocycles. The number of carbonyl (C=O) groups excluding carboxylic acids is 1. The van der Waals surface area contributed by atoms with Crippen molar-refractivity contribution in [2.45, 2.75) is 45.6 Å². The van der Waals surface area contributed by atoms with Crippen LogP contribution < -0.4 is 5.32 Å². The summed E-state index contributed by atoms with van der Waals surface area (Å²) in [5.41, 5.74) is 4.58. The minimum Gasteiger partial charge on any atom is -0.508 e. The number of amides is 1. The van der Waals surface area contributed by atoms with Gasteiger partial charge in [-0.1, -0.05) is 44.2 Å². The Hall–Kier alpha value is -2.33. The van der Waals surface area contributed by atoms with Crippen LogP contribution in [0.25, 0.3) is 0 Å². The molecule has 2 unspecified atom stereocenters. The molecule has 0 spiro atoms. The van der Waals surface area contributed by atoms with Gasteiger partial charge in [0.1, 0.15) is 5.75 Å². The zero-order chi connectivity index (χ0) is 21.3. The van der Waals surface area contributed by atoms with E-state index in [1.165, 1.54) is 11.1 Å². The van der Waals surface area contributed by atoms with Crippen molar-refractivity contribution in [3.63, 3.8) is 0 Å². The van der Waals surface area contributed by atoms with Crippen LogP contribution in [0.3, 0.4) is 0 Å². The van der Waals surface area contributed by atoms with Crippen LogP contribution in [0.1, 0.15) is 36.1 Å². The van der Waals surface area contributed by atoms with Gasteiger partial charge in [0, 0.05) is 18.0 Å². The first-order valence-electron chi connectivity index (χ1n) is 10.4. The number of aromatic hydroxyl groups is 1. The molecule has 3 rings (SSSR count). The monoisotopic (exact) mass is 394 g/mol. The standard InChI is InChI=1S/C25H34N2O2/c1-16-12-21(28)13-17(2)22(16)14-20(27(5)6)15-26-24(29)23-18(3)25(23,4)19-10-8-7-9-11-19/h7-13,18,20,23,28H,14-15H2,1-6H3,(H,26,29)/t18?,20-,23?,25+/m0/s1. The van der Waals surface area contributed by atoms with Gasteiger partial charge in [-0.25, -0.2) is 0 Å². The van der Waals surface area contributed by atoms with Gasteiger partial charge in [0.25, 0.3) is 0 Å². The largest absolute Gasteiger partial charge is 0.508 e. The number of benzene rings is 2. The number of nitrogens with one attached hydrogen (secondary N) is 1. The highest BCUT2D eigenvalue weighted by Crippen LogP contribution is 2.59. The van der Waals surface area contributed by atoms with E-state index in [-0.39, 0.29) is 23.3 Å². The molecule has 0 bridgehead atoms. The SMILES string of the molecule is Cc1cc(O)cc(C)c1C[C@@H](CNC(=O)C1C(C)[C@]1(C)c1ccccc1)N(C)C. The molecular weight excluding hydrogens is 360 g/mol. The average molecular weight is 395 g/mol. The van der Waals surface area contributed by atoms with Crippen molar-refractivity contribution in [2.75, 3.05) is 20.6 Å². The molecule has 2 aromatic carbocycles. The minimum absolute atomic E-state index is 0.0184. The van der Waals surface area contributed by atoms with Crippen LogP contribution in [0, 0.1) is 25.7 Å². The second-order valence-corrected chi connectivity index (χ2v) is 9.04. The molecule has 29 heavy (non-hydrogen) atoms. The van der Waals surface area contributed by atoms with E-state index in [0.29, 0.717) is 18.2 Å². The van der Waals surface area contributed by atoms with Crippen molar-refractivity contribution in [3.05, 3.63) is 64.7 Å². The fourth-order valence-corrected chi connectivity index (χ4v) is 4.76. The van der Waals surface area contributed by atoms with Gasteiger partial charge in [-0.15, -0.1) is 0 Å². The van der Waals surface area contributed by atoms with Crippen LogP contribution in [0.2, 0.25) is 0 Å². The molecular formula is C25H34N2O2. The molecule has 2 aromatic rings. The molecule has 1 aliphatic rings. The van der Waals surface area contributed by atoms with Crippen LogP contribution in [0.15, 0.2) is 42.5 Å². The van der Waals surface area contributed by atoms with Crippen molar-refractivity contribution in [1.82, 2.24) is 10.2 Å². The molecule has 0 heterocycles. The first-order chi connectivity index (χ1) is 13.7. The van der Waals surface area contributed by atoms with E-state index in [1.54, 1.807) is 0 Å². The second kappa shape index (κ2) is 8.19. The van der Waals surface area contributed by atoms with Crippen molar-refractivity contribution in [1.29, 1.82) is 0 Å². The number of phenols is 1. The minimum atomic E-state index is -0.0803. The third-order valence-electron chi connectivity index (χ3n) is 7.02. The van der Waals surface area contributed by atoms with Crippen LogP contribution >= 0.6 is 0 Å². The molecule has 0 saturated heterocycles. The molecule has 4 heteroatoms. The van der Waals surface area contributed by atoms with Crippen LogP contribution in [0.4, 0.5) is 0 Å². The number of carbonyl (C=O) groups is 1. The van der Waals surface area contributed by atoms with E-state index in [1.807, 2.05) is 44.2 Å². The summed E-state index contributed by atoms with van der Waals surface area (Å²) in [5.74, 6) is 0.811. The fourth-order valence-electron chi connectivity index (χ4n) is 4.76.